The molecule has 1 spiro atoms. The molecular formula is C19H28N4O2. The average molecular weight is 344 g/mol. The van der Waals surface area contributed by atoms with Gasteiger partial charge in [-0.1, -0.05) is 0 Å². The van der Waals surface area contributed by atoms with E-state index in [2.05, 4.69) is 26.1 Å². The van der Waals surface area contributed by atoms with Crippen LogP contribution in [0.1, 0.15) is 44.2 Å². The second-order valence-corrected chi connectivity index (χ2v) is 7.93. The van der Waals surface area contributed by atoms with Gasteiger partial charge >= 0.3 is 0 Å². The summed E-state index contributed by atoms with van der Waals surface area (Å²) in [5, 5.41) is 8.51. The van der Waals surface area contributed by atoms with E-state index in [1.165, 1.54) is 0 Å². The number of nitrogens with zero attached hydrogens (tertiary/aromatic N) is 4. The van der Waals surface area contributed by atoms with Crippen molar-refractivity contribution in [1.29, 1.82) is 0 Å². The van der Waals surface area contributed by atoms with Crippen molar-refractivity contribution < 1.29 is 9.53 Å². The van der Waals surface area contributed by atoms with E-state index in [0.29, 0.717) is 12.3 Å². The number of aromatic nitrogens is 2. The Morgan fingerprint density at radius 2 is 2.08 bits per heavy atom. The minimum absolute atomic E-state index is 0.252. The summed E-state index contributed by atoms with van der Waals surface area (Å²) in [6.07, 6.45) is 6.44. The van der Waals surface area contributed by atoms with Gasteiger partial charge in [0.05, 0.1) is 11.8 Å². The summed E-state index contributed by atoms with van der Waals surface area (Å²) in [6, 6.07) is 4.09. The second kappa shape index (κ2) is 6.90. The Hall–Kier alpha value is -1.69. The molecule has 3 fully saturated rings. The molecule has 0 bridgehead atoms. The minimum Gasteiger partial charge on any atom is -0.376 e. The fourth-order valence-corrected chi connectivity index (χ4v) is 4.48. The van der Waals surface area contributed by atoms with Gasteiger partial charge in [-0.2, -0.15) is 5.10 Å². The van der Waals surface area contributed by atoms with Crippen LogP contribution in [0.3, 0.4) is 0 Å². The SMILES string of the molecule is Cc1ccc(N2CCC3(CCC(=O)N(C[C@H]4CCCO4)C3)CC2)nn1. The molecule has 6 heteroatoms. The largest absolute Gasteiger partial charge is 0.376 e. The molecule has 136 valence electrons. The second-order valence-electron chi connectivity index (χ2n) is 7.93. The third-order valence-electron chi connectivity index (χ3n) is 6.13. The molecule has 1 atom stereocenters. The topological polar surface area (TPSA) is 58.6 Å². The molecule has 3 saturated heterocycles. The zero-order valence-corrected chi connectivity index (χ0v) is 15.1. The Kier molecular flexibility index (Phi) is 4.63. The monoisotopic (exact) mass is 344 g/mol. The van der Waals surface area contributed by atoms with E-state index < -0.39 is 0 Å². The maximum Gasteiger partial charge on any atom is 0.222 e. The van der Waals surface area contributed by atoms with Crippen molar-refractivity contribution in [3.05, 3.63) is 17.8 Å². The zero-order chi connectivity index (χ0) is 17.3. The van der Waals surface area contributed by atoms with Gasteiger partial charge in [0.2, 0.25) is 5.91 Å². The summed E-state index contributed by atoms with van der Waals surface area (Å²) < 4.78 is 5.75. The van der Waals surface area contributed by atoms with E-state index in [9.17, 15) is 4.79 Å². The molecule has 4 heterocycles. The van der Waals surface area contributed by atoms with Gasteiger partial charge in [0, 0.05) is 39.2 Å². The number of likely N-dealkylation sites (tertiary alicyclic amines) is 1. The van der Waals surface area contributed by atoms with Gasteiger partial charge in [0.1, 0.15) is 0 Å². The van der Waals surface area contributed by atoms with Crippen molar-refractivity contribution in [1.82, 2.24) is 15.1 Å². The molecule has 0 unspecified atom stereocenters. The van der Waals surface area contributed by atoms with E-state index in [4.69, 9.17) is 4.74 Å². The smallest absolute Gasteiger partial charge is 0.222 e. The first-order valence-electron chi connectivity index (χ1n) is 9.58. The Balaban J connectivity index is 1.37. The van der Waals surface area contributed by atoms with E-state index in [1.54, 1.807) is 0 Å². The van der Waals surface area contributed by atoms with Crippen molar-refractivity contribution in [3.63, 3.8) is 0 Å². The van der Waals surface area contributed by atoms with E-state index in [0.717, 1.165) is 76.4 Å². The zero-order valence-electron chi connectivity index (χ0n) is 15.1. The molecule has 6 nitrogen and oxygen atoms in total. The van der Waals surface area contributed by atoms with Crippen LogP contribution in [0.2, 0.25) is 0 Å². The molecule has 0 aliphatic carbocycles. The number of rotatable bonds is 3. The van der Waals surface area contributed by atoms with Crippen LogP contribution in [0.15, 0.2) is 12.1 Å². The Bertz CT molecular complexity index is 604. The molecule has 0 aromatic carbocycles. The van der Waals surface area contributed by atoms with E-state index >= 15 is 0 Å². The number of carbonyl (C=O) groups is 1. The van der Waals surface area contributed by atoms with Crippen LogP contribution in [-0.4, -0.2) is 59.9 Å². The first kappa shape index (κ1) is 16.8. The first-order chi connectivity index (χ1) is 12.1. The van der Waals surface area contributed by atoms with Crippen LogP contribution in [0.25, 0.3) is 0 Å². The number of hydrogen-bond donors (Lipinski definition) is 0. The van der Waals surface area contributed by atoms with Crippen LogP contribution in [0.5, 0.6) is 0 Å². The lowest BCUT2D eigenvalue weighted by molar-refractivity contribution is -0.140. The highest BCUT2D eigenvalue weighted by Crippen LogP contribution is 2.41. The molecule has 3 aliphatic heterocycles. The minimum atomic E-state index is 0.252. The van der Waals surface area contributed by atoms with Crippen molar-refractivity contribution in [2.24, 2.45) is 5.41 Å². The number of hydrogen-bond acceptors (Lipinski definition) is 5. The average Bonchev–Trinajstić information content (AvgIpc) is 3.13. The molecule has 0 N–H and O–H groups in total. The van der Waals surface area contributed by atoms with Crippen LogP contribution in [0.4, 0.5) is 5.82 Å². The van der Waals surface area contributed by atoms with Gasteiger partial charge in [0.25, 0.3) is 0 Å². The molecule has 1 aromatic heterocycles. The number of amides is 1. The lowest BCUT2D eigenvalue weighted by Crippen LogP contribution is -2.53. The highest BCUT2D eigenvalue weighted by atomic mass is 16.5. The quantitative estimate of drug-likeness (QED) is 0.841. The summed E-state index contributed by atoms with van der Waals surface area (Å²) in [6.45, 7) is 6.50. The maximum absolute atomic E-state index is 12.4. The lowest BCUT2D eigenvalue weighted by Gasteiger charge is -2.48. The number of piperidine rings is 2. The van der Waals surface area contributed by atoms with Gasteiger partial charge in [-0.15, -0.1) is 5.10 Å². The van der Waals surface area contributed by atoms with E-state index in [-0.39, 0.29) is 11.5 Å². The summed E-state index contributed by atoms with van der Waals surface area (Å²) in [5.74, 6) is 1.29. The Labute approximate surface area is 149 Å². The molecule has 1 amide bonds. The van der Waals surface area contributed by atoms with Crippen LogP contribution >= 0.6 is 0 Å². The molecule has 0 radical (unpaired) electrons. The Morgan fingerprint density at radius 3 is 2.76 bits per heavy atom. The summed E-state index contributed by atoms with van der Waals surface area (Å²) in [5.41, 5.74) is 1.23. The van der Waals surface area contributed by atoms with Crippen LogP contribution in [0, 0.1) is 12.3 Å². The van der Waals surface area contributed by atoms with Crippen molar-refractivity contribution in [3.8, 4) is 0 Å². The highest BCUT2D eigenvalue weighted by Gasteiger charge is 2.41. The Morgan fingerprint density at radius 1 is 1.24 bits per heavy atom. The van der Waals surface area contributed by atoms with Crippen molar-refractivity contribution >= 4 is 11.7 Å². The summed E-state index contributed by atoms with van der Waals surface area (Å²) >= 11 is 0. The normalized spacial score (nSPS) is 26.4. The third kappa shape index (κ3) is 3.64. The van der Waals surface area contributed by atoms with Gasteiger partial charge < -0.3 is 14.5 Å². The summed E-state index contributed by atoms with van der Waals surface area (Å²) in [4.78, 5) is 16.8. The molecule has 0 saturated carbocycles. The number of aryl methyl sites for hydroxylation is 1. The molecular weight excluding hydrogens is 316 g/mol. The van der Waals surface area contributed by atoms with E-state index in [1.807, 2.05) is 13.0 Å². The van der Waals surface area contributed by atoms with Gasteiger partial charge in [-0.05, 0) is 56.6 Å². The van der Waals surface area contributed by atoms with Crippen molar-refractivity contribution in [2.75, 3.05) is 37.7 Å². The third-order valence-corrected chi connectivity index (χ3v) is 6.13. The summed E-state index contributed by atoms with van der Waals surface area (Å²) in [7, 11) is 0. The van der Waals surface area contributed by atoms with Crippen LogP contribution < -0.4 is 4.90 Å². The highest BCUT2D eigenvalue weighted by molar-refractivity contribution is 5.77. The van der Waals surface area contributed by atoms with Gasteiger partial charge in [-0.3, -0.25) is 4.79 Å². The van der Waals surface area contributed by atoms with Crippen LogP contribution in [-0.2, 0) is 9.53 Å². The van der Waals surface area contributed by atoms with Gasteiger partial charge in [0.15, 0.2) is 5.82 Å². The predicted molar refractivity (Wildman–Crippen MR) is 95.4 cm³/mol. The molecule has 1 aromatic rings. The molecule has 4 rings (SSSR count). The van der Waals surface area contributed by atoms with Crippen molar-refractivity contribution in [2.45, 2.75) is 51.6 Å². The fraction of sp³-hybridized carbons (Fsp3) is 0.737. The number of ether oxygens (including phenoxy) is 1. The fourth-order valence-electron chi connectivity index (χ4n) is 4.48. The van der Waals surface area contributed by atoms with Gasteiger partial charge in [-0.25, -0.2) is 0 Å². The molecule has 25 heavy (non-hydrogen) atoms. The number of carbonyl (C=O) groups excluding carboxylic acids is 1. The predicted octanol–water partition coefficient (Wildman–Crippen LogP) is 2.17. The lowest BCUT2D eigenvalue weighted by atomic mass is 9.72. The standard InChI is InChI=1S/C19H28N4O2/c1-15-4-5-17(21-20-15)22-10-8-19(9-11-22)7-6-18(24)23(14-19)13-16-3-2-12-25-16/h4-5,16H,2-3,6-14H2,1H3/t16-/m1/s1. The number of anilines is 1. The molecule has 3 aliphatic rings. The maximum atomic E-state index is 12.4. The first-order valence-corrected chi connectivity index (χ1v) is 9.58.